The van der Waals surface area contributed by atoms with Gasteiger partial charge in [-0.25, -0.2) is 4.39 Å². The van der Waals surface area contributed by atoms with Crippen molar-refractivity contribution >= 4 is 22.6 Å². The molecule has 0 saturated carbocycles. The molecule has 0 heterocycles. The van der Waals surface area contributed by atoms with E-state index in [1.807, 2.05) is 0 Å². The van der Waals surface area contributed by atoms with Crippen molar-refractivity contribution in [3.63, 3.8) is 0 Å². The van der Waals surface area contributed by atoms with Gasteiger partial charge in [-0.3, -0.25) is 0 Å². The molecule has 0 aromatic rings. The van der Waals surface area contributed by atoms with E-state index in [4.69, 9.17) is 5.11 Å². The number of aliphatic hydroxyl groups is 1. The summed E-state index contributed by atoms with van der Waals surface area (Å²) in [6.07, 6.45) is -14.6. The first-order valence-electron chi connectivity index (χ1n) is 4.89. The normalized spacial score (nSPS) is 18.1. The lowest BCUT2D eigenvalue weighted by Gasteiger charge is -2.34. The van der Waals surface area contributed by atoms with Gasteiger partial charge in [-0.05, 0) is 45.1 Å². The molecule has 0 aliphatic carbocycles. The number of rotatable bonds is 5. The van der Waals surface area contributed by atoms with Gasteiger partial charge in [0.15, 0.2) is 0 Å². The zero-order chi connectivity index (χ0) is 16.4. The van der Waals surface area contributed by atoms with Crippen molar-refractivity contribution in [2.75, 3.05) is 6.61 Å². The van der Waals surface area contributed by atoms with Gasteiger partial charge in [0, 0.05) is 6.61 Å². The lowest BCUT2D eigenvalue weighted by Crippen LogP contribution is -2.61. The molecule has 20 heavy (non-hydrogen) atoms. The smallest absolute Gasteiger partial charge is 0.396 e. The first-order valence-corrected chi connectivity index (χ1v) is 5.97. The predicted octanol–water partition coefficient (Wildman–Crippen LogP) is 4.55. The van der Waals surface area contributed by atoms with Crippen molar-refractivity contribution in [3.05, 3.63) is 9.66 Å². The molecule has 0 aromatic heterocycles. The third-order valence-corrected chi connectivity index (χ3v) is 3.01. The summed E-state index contributed by atoms with van der Waals surface area (Å²) in [5.41, 5.74) is -5.87. The second-order valence-electron chi connectivity index (χ2n) is 3.70. The van der Waals surface area contributed by atoms with Gasteiger partial charge in [0.2, 0.25) is 0 Å². The molecule has 0 aliphatic heterocycles. The van der Waals surface area contributed by atoms with Crippen LogP contribution in [-0.2, 0) is 0 Å². The van der Waals surface area contributed by atoms with Crippen molar-refractivity contribution in [3.8, 4) is 0 Å². The number of aliphatic hydroxyl groups excluding tert-OH is 1. The van der Waals surface area contributed by atoms with Crippen LogP contribution < -0.4 is 0 Å². The summed E-state index contributed by atoms with van der Waals surface area (Å²) >= 11 is 1.01. The number of halogens is 10. The molecule has 0 amide bonds. The van der Waals surface area contributed by atoms with E-state index in [1.165, 1.54) is 0 Å². The van der Waals surface area contributed by atoms with Crippen LogP contribution in [-0.4, -0.2) is 35.7 Å². The molecule has 11 heteroatoms. The molecular formula is C9H8F9IO. The minimum atomic E-state index is -6.71. The summed E-state index contributed by atoms with van der Waals surface area (Å²) in [6, 6.07) is 0. The summed E-state index contributed by atoms with van der Waals surface area (Å²) in [4.78, 5) is 0. The van der Waals surface area contributed by atoms with Crippen molar-refractivity contribution in [2.24, 2.45) is 0 Å². The van der Waals surface area contributed by atoms with Gasteiger partial charge in [0.05, 0.1) is 0 Å². The standard InChI is InChI=1S/C9H8F9IO/c10-6(8(13,14)15,4-5(19)2-1-3-20)7(11,12)9(16,17)18/h4,20H,1-3H2. The van der Waals surface area contributed by atoms with Gasteiger partial charge in [0.25, 0.3) is 5.67 Å². The van der Waals surface area contributed by atoms with Gasteiger partial charge in [-0.2, -0.15) is 35.1 Å². The Morgan fingerprint density at radius 3 is 1.65 bits per heavy atom. The van der Waals surface area contributed by atoms with Crippen LogP contribution >= 0.6 is 22.6 Å². The number of hydrogen-bond acceptors (Lipinski definition) is 1. The van der Waals surface area contributed by atoms with E-state index in [-0.39, 0.29) is 6.42 Å². The quantitative estimate of drug-likeness (QED) is 0.502. The summed E-state index contributed by atoms with van der Waals surface area (Å²) in [7, 11) is 0. The van der Waals surface area contributed by atoms with Gasteiger partial charge in [-0.1, -0.05) is 0 Å². The fourth-order valence-corrected chi connectivity index (χ4v) is 1.90. The highest BCUT2D eigenvalue weighted by Crippen LogP contribution is 2.54. The Morgan fingerprint density at radius 2 is 1.35 bits per heavy atom. The molecule has 0 saturated heterocycles. The predicted molar refractivity (Wildman–Crippen MR) is 59.3 cm³/mol. The molecule has 0 radical (unpaired) electrons. The van der Waals surface area contributed by atoms with E-state index in [0.717, 1.165) is 22.6 Å². The first-order chi connectivity index (χ1) is 8.70. The van der Waals surface area contributed by atoms with Crippen molar-refractivity contribution < 1.29 is 44.6 Å². The Kier molecular flexibility index (Phi) is 6.22. The van der Waals surface area contributed by atoms with E-state index < -0.39 is 46.6 Å². The molecule has 0 aliphatic rings. The van der Waals surface area contributed by atoms with Crippen LogP contribution in [0.4, 0.5) is 39.5 Å². The van der Waals surface area contributed by atoms with E-state index >= 15 is 0 Å². The van der Waals surface area contributed by atoms with Crippen LogP contribution in [0, 0.1) is 0 Å². The monoisotopic (exact) mass is 430 g/mol. The molecule has 0 aromatic carbocycles. The minimum Gasteiger partial charge on any atom is -0.396 e. The summed E-state index contributed by atoms with van der Waals surface area (Å²) in [5.74, 6) is -6.63. The van der Waals surface area contributed by atoms with Crippen LogP contribution in [0.5, 0.6) is 0 Å². The number of hydrogen-bond donors (Lipinski definition) is 1. The zero-order valence-electron chi connectivity index (χ0n) is 9.43. The molecule has 0 fully saturated rings. The van der Waals surface area contributed by atoms with Crippen LogP contribution in [0.25, 0.3) is 0 Å². The third kappa shape index (κ3) is 3.92. The minimum absolute atomic E-state index is 0.208. The Morgan fingerprint density at radius 1 is 0.900 bits per heavy atom. The fraction of sp³-hybridized carbons (Fsp3) is 0.778. The Hall–Kier alpha value is -0.200. The molecule has 0 bridgehead atoms. The van der Waals surface area contributed by atoms with E-state index in [9.17, 15) is 39.5 Å². The van der Waals surface area contributed by atoms with E-state index in [0.29, 0.717) is 0 Å². The van der Waals surface area contributed by atoms with Crippen LogP contribution in [0.2, 0.25) is 0 Å². The fourth-order valence-electron chi connectivity index (χ4n) is 1.09. The van der Waals surface area contributed by atoms with Gasteiger partial charge >= 0.3 is 18.3 Å². The van der Waals surface area contributed by atoms with Crippen LogP contribution in [0.15, 0.2) is 9.66 Å². The van der Waals surface area contributed by atoms with Gasteiger partial charge in [0.1, 0.15) is 0 Å². The molecule has 0 rings (SSSR count). The Bertz CT molecular complexity index is 359. The Balaban J connectivity index is 5.79. The summed E-state index contributed by atoms with van der Waals surface area (Å²) in [5, 5.41) is 8.39. The van der Waals surface area contributed by atoms with Crippen LogP contribution in [0.3, 0.4) is 0 Å². The molecular weight excluding hydrogens is 422 g/mol. The van der Waals surface area contributed by atoms with Gasteiger partial charge < -0.3 is 5.11 Å². The SMILES string of the molecule is OCCCC(I)=CC(F)(C(F)(F)F)C(F)(F)C(F)(F)F. The second-order valence-corrected chi connectivity index (χ2v) is 5.09. The average Bonchev–Trinajstić information content (AvgIpc) is 2.22. The van der Waals surface area contributed by atoms with Crippen LogP contribution in [0.1, 0.15) is 12.8 Å². The van der Waals surface area contributed by atoms with Crippen molar-refractivity contribution in [2.45, 2.75) is 36.8 Å². The number of allylic oxidation sites excluding steroid dienone is 2. The summed E-state index contributed by atoms with van der Waals surface area (Å²) < 4.78 is 112. The molecule has 1 unspecified atom stereocenters. The van der Waals surface area contributed by atoms with E-state index in [1.54, 1.807) is 0 Å². The largest absolute Gasteiger partial charge is 0.457 e. The Labute approximate surface area is 121 Å². The topological polar surface area (TPSA) is 20.2 Å². The highest BCUT2D eigenvalue weighted by atomic mass is 127. The highest BCUT2D eigenvalue weighted by Gasteiger charge is 2.80. The maximum Gasteiger partial charge on any atom is 0.457 e. The van der Waals surface area contributed by atoms with Crippen molar-refractivity contribution in [1.82, 2.24) is 0 Å². The maximum atomic E-state index is 13.5. The highest BCUT2D eigenvalue weighted by molar-refractivity contribution is 14.1. The van der Waals surface area contributed by atoms with Gasteiger partial charge in [-0.15, -0.1) is 0 Å². The third-order valence-electron chi connectivity index (χ3n) is 2.15. The van der Waals surface area contributed by atoms with E-state index in [2.05, 4.69) is 0 Å². The number of alkyl halides is 9. The zero-order valence-corrected chi connectivity index (χ0v) is 11.6. The first kappa shape index (κ1) is 19.8. The lowest BCUT2D eigenvalue weighted by molar-refractivity contribution is -0.369. The molecule has 1 atom stereocenters. The maximum absolute atomic E-state index is 13.5. The molecule has 120 valence electrons. The second kappa shape index (κ2) is 6.28. The molecule has 1 N–H and O–H groups in total. The average molecular weight is 430 g/mol. The lowest BCUT2D eigenvalue weighted by atomic mass is 9.95. The molecule has 0 spiro atoms. The summed E-state index contributed by atoms with van der Waals surface area (Å²) in [6.45, 7) is -0.540. The molecule has 1 nitrogen and oxygen atoms in total. The van der Waals surface area contributed by atoms with Crippen molar-refractivity contribution in [1.29, 1.82) is 0 Å².